The second kappa shape index (κ2) is 6.40. The molecule has 100 valence electrons. The van der Waals surface area contributed by atoms with E-state index in [1.54, 1.807) is 4.90 Å². The van der Waals surface area contributed by atoms with Gasteiger partial charge in [-0.15, -0.1) is 6.42 Å². The topological polar surface area (TPSA) is 83.7 Å². The van der Waals surface area contributed by atoms with Crippen molar-refractivity contribution >= 4 is 17.3 Å². The molecule has 1 aromatic rings. The summed E-state index contributed by atoms with van der Waals surface area (Å²) in [5.74, 6) is 1.29. The lowest BCUT2D eigenvalue weighted by Gasteiger charge is -2.23. The van der Waals surface area contributed by atoms with E-state index >= 15 is 0 Å². The molecule has 0 aliphatic heterocycles. The third-order valence-corrected chi connectivity index (χ3v) is 2.54. The molecule has 6 heteroatoms. The Morgan fingerprint density at radius 2 is 2.26 bits per heavy atom. The van der Waals surface area contributed by atoms with E-state index in [2.05, 4.69) is 5.92 Å². The van der Waals surface area contributed by atoms with Gasteiger partial charge in [-0.25, -0.2) is 4.79 Å². The number of anilines is 1. The lowest BCUT2D eigenvalue weighted by molar-refractivity contribution is -0.384. The number of non-ortho nitro benzene ring substituents is 1. The monoisotopic (exact) mass is 262 g/mol. The van der Waals surface area contributed by atoms with Crippen molar-refractivity contribution in [2.24, 2.45) is 0 Å². The Kier molecular flexibility index (Phi) is 4.89. The van der Waals surface area contributed by atoms with Gasteiger partial charge in [0, 0.05) is 18.7 Å². The van der Waals surface area contributed by atoms with Crippen molar-refractivity contribution in [3.8, 4) is 12.3 Å². The number of aromatic carboxylic acids is 1. The summed E-state index contributed by atoms with van der Waals surface area (Å²) in [5, 5.41) is 19.9. The third-order valence-electron chi connectivity index (χ3n) is 2.54. The first-order valence-corrected chi connectivity index (χ1v) is 5.71. The van der Waals surface area contributed by atoms with Gasteiger partial charge in [0.1, 0.15) is 0 Å². The Hall–Kier alpha value is -2.55. The van der Waals surface area contributed by atoms with Crippen LogP contribution < -0.4 is 4.90 Å². The lowest BCUT2D eigenvalue weighted by Crippen LogP contribution is -2.26. The van der Waals surface area contributed by atoms with Crippen molar-refractivity contribution in [2.75, 3.05) is 18.0 Å². The molecule has 0 aromatic heterocycles. The van der Waals surface area contributed by atoms with Gasteiger partial charge in [0.2, 0.25) is 0 Å². The van der Waals surface area contributed by atoms with Gasteiger partial charge in [0.25, 0.3) is 5.69 Å². The van der Waals surface area contributed by atoms with E-state index in [1.807, 2.05) is 6.92 Å². The van der Waals surface area contributed by atoms with Gasteiger partial charge in [-0.2, -0.15) is 0 Å². The van der Waals surface area contributed by atoms with Gasteiger partial charge < -0.3 is 10.0 Å². The minimum atomic E-state index is -1.14. The number of carboxylic acids is 1. The zero-order valence-electron chi connectivity index (χ0n) is 10.5. The number of nitro groups is 1. The molecule has 19 heavy (non-hydrogen) atoms. The summed E-state index contributed by atoms with van der Waals surface area (Å²) in [4.78, 5) is 23.0. The van der Waals surface area contributed by atoms with Crippen LogP contribution in [0.3, 0.4) is 0 Å². The smallest absolute Gasteiger partial charge is 0.337 e. The highest BCUT2D eigenvalue weighted by atomic mass is 16.6. The number of hydrogen-bond acceptors (Lipinski definition) is 4. The van der Waals surface area contributed by atoms with Crippen LogP contribution >= 0.6 is 0 Å². The predicted molar refractivity (Wildman–Crippen MR) is 71.4 cm³/mol. The third kappa shape index (κ3) is 3.45. The highest BCUT2D eigenvalue weighted by Crippen LogP contribution is 2.26. The molecule has 0 aliphatic rings. The van der Waals surface area contributed by atoms with E-state index in [4.69, 9.17) is 11.5 Å². The molecule has 0 aliphatic carbocycles. The van der Waals surface area contributed by atoms with Crippen LogP contribution in [0.25, 0.3) is 0 Å². The Bertz CT molecular complexity index is 534. The van der Waals surface area contributed by atoms with Crippen LogP contribution in [0, 0.1) is 22.5 Å². The predicted octanol–water partition coefficient (Wildman–Crippen LogP) is 2.14. The molecule has 1 N–H and O–H groups in total. The Morgan fingerprint density at radius 1 is 1.58 bits per heavy atom. The van der Waals surface area contributed by atoms with Gasteiger partial charge in [0.15, 0.2) is 0 Å². The van der Waals surface area contributed by atoms with Crippen LogP contribution in [0.1, 0.15) is 23.7 Å². The fourth-order valence-electron chi connectivity index (χ4n) is 1.74. The number of nitro benzene ring substituents is 1. The first-order valence-electron chi connectivity index (χ1n) is 5.71. The van der Waals surface area contributed by atoms with E-state index in [-0.39, 0.29) is 23.5 Å². The summed E-state index contributed by atoms with van der Waals surface area (Å²) in [6, 6.07) is 3.65. The fourth-order valence-corrected chi connectivity index (χ4v) is 1.74. The van der Waals surface area contributed by atoms with Crippen molar-refractivity contribution in [3.05, 3.63) is 33.9 Å². The van der Waals surface area contributed by atoms with Gasteiger partial charge >= 0.3 is 5.97 Å². The molecule has 0 radical (unpaired) electrons. The first kappa shape index (κ1) is 14.5. The second-order valence-corrected chi connectivity index (χ2v) is 3.89. The standard InChI is InChI=1S/C13H14N2O4/c1-3-7-14(8-4-2)12-9-10(15(18)19)5-6-11(12)13(16)17/h1,5-6,9H,4,7-8H2,2H3,(H,16,17). The van der Waals surface area contributed by atoms with Crippen LogP contribution in [0.2, 0.25) is 0 Å². The number of benzene rings is 1. The molecule has 0 amide bonds. The molecule has 1 rings (SSSR count). The summed E-state index contributed by atoms with van der Waals surface area (Å²) >= 11 is 0. The zero-order chi connectivity index (χ0) is 14.4. The van der Waals surface area contributed by atoms with E-state index in [0.717, 1.165) is 6.42 Å². The largest absolute Gasteiger partial charge is 0.478 e. The molecule has 0 spiro atoms. The number of rotatable bonds is 6. The molecule has 0 saturated heterocycles. The molecule has 0 saturated carbocycles. The Balaban J connectivity index is 3.33. The quantitative estimate of drug-likeness (QED) is 0.482. The Labute approximate surface area is 110 Å². The van der Waals surface area contributed by atoms with Crippen molar-refractivity contribution in [1.29, 1.82) is 0 Å². The first-order chi connectivity index (χ1) is 9.01. The molecule has 0 fully saturated rings. The molecule has 0 atom stereocenters. The summed E-state index contributed by atoms with van der Waals surface area (Å²) in [5.41, 5.74) is 0.133. The van der Waals surface area contributed by atoms with Crippen LogP contribution in [0.15, 0.2) is 18.2 Å². The maximum atomic E-state index is 11.2. The number of carbonyl (C=O) groups is 1. The van der Waals surface area contributed by atoms with Crippen molar-refractivity contribution in [1.82, 2.24) is 0 Å². The summed E-state index contributed by atoms with van der Waals surface area (Å²) in [6.07, 6.45) is 6.00. The maximum Gasteiger partial charge on any atom is 0.337 e. The van der Waals surface area contributed by atoms with Crippen LogP contribution in [0.4, 0.5) is 11.4 Å². The fraction of sp³-hybridized carbons (Fsp3) is 0.308. The van der Waals surface area contributed by atoms with E-state index < -0.39 is 10.9 Å². The SMILES string of the molecule is C#CCN(CCC)c1cc([N+](=O)[O-])ccc1C(=O)O. The molecular weight excluding hydrogens is 248 g/mol. The highest BCUT2D eigenvalue weighted by Gasteiger charge is 2.19. The summed E-state index contributed by atoms with van der Waals surface area (Å²) in [6.45, 7) is 2.66. The van der Waals surface area contributed by atoms with E-state index in [9.17, 15) is 14.9 Å². The van der Waals surface area contributed by atoms with Crippen LogP contribution in [-0.2, 0) is 0 Å². The van der Waals surface area contributed by atoms with Gasteiger partial charge in [0.05, 0.1) is 22.7 Å². The molecule has 1 aromatic carbocycles. The minimum Gasteiger partial charge on any atom is -0.478 e. The molecule has 0 unspecified atom stereocenters. The average Bonchev–Trinajstić information content (AvgIpc) is 2.37. The normalized spacial score (nSPS) is 9.68. The number of terminal acetylenes is 1. The summed E-state index contributed by atoms with van der Waals surface area (Å²) in [7, 11) is 0. The molecule has 0 heterocycles. The Morgan fingerprint density at radius 3 is 2.74 bits per heavy atom. The average molecular weight is 262 g/mol. The molecule has 6 nitrogen and oxygen atoms in total. The van der Waals surface area contributed by atoms with Crippen molar-refractivity contribution in [2.45, 2.75) is 13.3 Å². The van der Waals surface area contributed by atoms with Crippen LogP contribution in [0.5, 0.6) is 0 Å². The second-order valence-electron chi connectivity index (χ2n) is 3.89. The number of carboxylic acid groups (broad SMARTS) is 1. The number of hydrogen-bond donors (Lipinski definition) is 1. The molecular formula is C13H14N2O4. The van der Waals surface area contributed by atoms with Gasteiger partial charge in [-0.3, -0.25) is 10.1 Å². The van der Waals surface area contributed by atoms with Gasteiger partial charge in [-0.05, 0) is 12.5 Å². The van der Waals surface area contributed by atoms with Crippen LogP contribution in [-0.4, -0.2) is 29.1 Å². The van der Waals surface area contributed by atoms with E-state index in [1.165, 1.54) is 18.2 Å². The van der Waals surface area contributed by atoms with E-state index in [0.29, 0.717) is 6.54 Å². The minimum absolute atomic E-state index is 0.00861. The highest BCUT2D eigenvalue weighted by molar-refractivity contribution is 5.95. The van der Waals surface area contributed by atoms with Crippen molar-refractivity contribution in [3.63, 3.8) is 0 Å². The maximum absolute atomic E-state index is 11.2. The molecule has 0 bridgehead atoms. The number of nitrogens with zero attached hydrogens (tertiary/aromatic N) is 2. The lowest BCUT2D eigenvalue weighted by atomic mass is 10.1. The van der Waals surface area contributed by atoms with Crippen molar-refractivity contribution < 1.29 is 14.8 Å². The zero-order valence-corrected chi connectivity index (χ0v) is 10.5. The van der Waals surface area contributed by atoms with Gasteiger partial charge in [-0.1, -0.05) is 12.8 Å². The summed E-state index contributed by atoms with van der Waals surface area (Å²) < 4.78 is 0.